The van der Waals surface area contributed by atoms with Crippen LogP contribution in [0.25, 0.3) is 10.8 Å². The van der Waals surface area contributed by atoms with E-state index in [0.29, 0.717) is 17.9 Å². The van der Waals surface area contributed by atoms with E-state index in [1.165, 1.54) is 7.11 Å². The molecule has 0 spiro atoms. The van der Waals surface area contributed by atoms with Gasteiger partial charge in [0.1, 0.15) is 24.1 Å². The van der Waals surface area contributed by atoms with Gasteiger partial charge in [0, 0.05) is 11.5 Å². The first-order valence-corrected chi connectivity index (χ1v) is 12.2. The van der Waals surface area contributed by atoms with Crippen LogP contribution in [-0.2, 0) is 14.8 Å². The van der Waals surface area contributed by atoms with Crippen LogP contribution in [0.5, 0.6) is 11.5 Å². The van der Waals surface area contributed by atoms with Crippen molar-refractivity contribution in [3.05, 3.63) is 66.7 Å². The van der Waals surface area contributed by atoms with Gasteiger partial charge < -0.3 is 14.8 Å². The molecule has 0 fully saturated rings. The molecule has 0 bridgehead atoms. The standard InChI is InChI=1S/C24H28N2O5S/c1-4-22(26(32(3,28)29)19-11-8-12-20(17-19)30-2)24(27)25-15-16-31-23-14-7-10-18-9-5-6-13-21(18)23/h5-14,17,22H,4,15-16H2,1-3H3,(H,25,27)/t22-/m1/s1. The van der Waals surface area contributed by atoms with Gasteiger partial charge in [0.2, 0.25) is 15.9 Å². The first-order chi connectivity index (χ1) is 15.3. The summed E-state index contributed by atoms with van der Waals surface area (Å²) in [5.41, 5.74) is 0.376. The smallest absolute Gasteiger partial charge is 0.244 e. The molecule has 7 nitrogen and oxygen atoms in total. The predicted molar refractivity (Wildman–Crippen MR) is 127 cm³/mol. The highest BCUT2D eigenvalue weighted by atomic mass is 32.2. The van der Waals surface area contributed by atoms with Gasteiger partial charge in [0.25, 0.3) is 0 Å². The number of hydrogen-bond donors (Lipinski definition) is 1. The van der Waals surface area contributed by atoms with E-state index in [4.69, 9.17) is 9.47 Å². The lowest BCUT2D eigenvalue weighted by atomic mass is 10.1. The Morgan fingerprint density at radius 1 is 1.06 bits per heavy atom. The lowest BCUT2D eigenvalue weighted by Crippen LogP contribution is -2.50. The minimum absolute atomic E-state index is 0.244. The molecule has 1 atom stereocenters. The van der Waals surface area contributed by atoms with E-state index in [1.54, 1.807) is 31.2 Å². The molecule has 0 aromatic heterocycles. The Bertz CT molecular complexity index is 1170. The van der Waals surface area contributed by atoms with Gasteiger partial charge in [-0.05, 0) is 30.0 Å². The Labute approximate surface area is 189 Å². The second-order valence-corrected chi connectivity index (χ2v) is 9.16. The van der Waals surface area contributed by atoms with Gasteiger partial charge in [-0.3, -0.25) is 9.10 Å². The summed E-state index contributed by atoms with van der Waals surface area (Å²) in [5.74, 6) is 0.857. The highest BCUT2D eigenvalue weighted by molar-refractivity contribution is 7.92. The molecule has 3 rings (SSSR count). The molecule has 0 heterocycles. The van der Waals surface area contributed by atoms with Crippen molar-refractivity contribution >= 4 is 32.4 Å². The van der Waals surface area contributed by atoms with Gasteiger partial charge in [0.15, 0.2) is 0 Å². The van der Waals surface area contributed by atoms with Gasteiger partial charge >= 0.3 is 0 Å². The highest BCUT2D eigenvalue weighted by Crippen LogP contribution is 2.27. The van der Waals surface area contributed by atoms with E-state index in [0.717, 1.165) is 27.1 Å². The van der Waals surface area contributed by atoms with Crippen molar-refractivity contribution in [1.82, 2.24) is 5.32 Å². The predicted octanol–water partition coefficient (Wildman–Crippen LogP) is 3.59. The molecule has 0 aliphatic rings. The van der Waals surface area contributed by atoms with Crippen LogP contribution in [0.4, 0.5) is 5.69 Å². The van der Waals surface area contributed by atoms with E-state index in [9.17, 15) is 13.2 Å². The SMILES string of the molecule is CC[C@H](C(=O)NCCOc1cccc2ccccc12)N(c1cccc(OC)c1)S(C)(=O)=O. The number of ether oxygens (including phenoxy) is 2. The van der Waals surface area contributed by atoms with Crippen molar-refractivity contribution in [2.75, 3.05) is 30.8 Å². The summed E-state index contributed by atoms with van der Waals surface area (Å²) >= 11 is 0. The number of rotatable bonds is 10. The fraction of sp³-hybridized carbons (Fsp3) is 0.292. The molecule has 1 N–H and O–H groups in total. The number of carbonyl (C=O) groups is 1. The lowest BCUT2D eigenvalue weighted by Gasteiger charge is -2.30. The number of nitrogens with one attached hydrogen (secondary N) is 1. The minimum atomic E-state index is -3.71. The number of fused-ring (bicyclic) bond motifs is 1. The van der Waals surface area contributed by atoms with Crippen LogP contribution in [0.2, 0.25) is 0 Å². The van der Waals surface area contributed by atoms with Crippen LogP contribution in [0, 0.1) is 0 Å². The monoisotopic (exact) mass is 456 g/mol. The van der Waals surface area contributed by atoms with Crippen LogP contribution in [0.15, 0.2) is 66.7 Å². The Balaban J connectivity index is 1.68. The van der Waals surface area contributed by atoms with Crippen molar-refractivity contribution in [2.24, 2.45) is 0 Å². The fourth-order valence-corrected chi connectivity index (χ4v) is 4.79. The molecule has 0 aliphatic carbocycles. The van der Waals surface area contributed by atoms with Gasteiger partial charge in [-0.1, -0.05) is 49.4 Å². The molecule has 3 aromatic carbocycles. The molecule has 0 unspecified atom stereocenters. The summed E-state index contributed by atoms with van der Waals surface area (Å²) in [5, 5.41) is 4.87. The summed E-state index contributed by atoms with van der Waals surface area (Å²) < 4.78 is 37.3. The number of hydrogen-bond acceptors (Lipinski definition) is 5. The van der Waals surface area contributed by atoms with Crippen molar-refractivity contribution in [3.8, 4) is 11.5 Å². The Morgan fingerprint density at radius 2 is 1.78 bits per heavy atom. The summed E-state index contributed by atoms with van der Waals surface area (Å²) in [7, 11) is -2.21. The zero-order valence-corrected chi connectivity index (χ0v) is 19.3. The normalized spacial score (nSPS) is 12.2. The number of carbonyl (C=O) groups excluding carboxylic acids is 1. The second kappa shape index (κ2) is 10.4. The number of amides is 1. The molecule has 1 amide bonds. The molecule has 0 aliphatic heterocycles. The highest BCUT2D eigenvalue weighted by Gasteiger charge is 2.31. The van der Waals surface area contributed by atoms with Crippen molar-refractivity contribution in [1.29, 1.82) is 0 Å². The van der Waals surface area contributed by atoms with Gasteiger partial charge in [-0.25, -0.2) is 8.42 Å². The Kier molecular flexibility index (Phi) is 7.58. The number of methoxy groups -OCH3 is 1. The zero-order valence-electron chi connectivity index (χ0n) is 18.4. The molecular weight excluding hydrogens is 428 g/mol. The first-order valence-electron chi connectivity index (χ1n) is 10.4. The molecule has 32 heavy (non-hydrogen) atoms. The van der Waals surface area contributed by atoms with E-state index in [1.807, 2.05) is 42.5 Å². The average molecular weight is 457 g/mol. The van der Waals surface area contributed by atoms with Crippen LogP contribution in [-0.4, -0.2) is 46.9 Å². The van der Waals surface area contributed by atoms with E-state index in [-0.39, 0.29) is 19.1 Å². The maximum atomic E-state index is 12.9. The number of sulfonamides is 1. The van der Waals surface area contributed by atoms with E-state index < -0.39 is 16.1 Å². The molecule has 8 heteroatoms. The van der Waals surface area contributed by atoms with Crippen LogP contribution < -0.4 is 19.1 Å². The van der Waals surface area contributed by atoms with Gasteiger partial charge in [0.05, 0.1) is 25.6 Å². The van der Waals surface area contributed by atoms with E-state index in [2.05, 4.69) is 5.32 Å². The third-order valence-electron chi connectivity index (χ3n) is 5.05. The largest absolute Gasteiger partial charge is 0.497 e. The molecule has 0 radical (unpaired) electrons. The number of anilines is 1. The Morgan fingerprint density at radius 3 is 2.50 bits per heavy atom. The summed E-state index contributed by atoms with van der Waals surface area (Å²) in [6.45, 7) is 2.28. The summed E-state index contributed by atoms with van der Waals surface area (Å²) in [4.78, 5) is 12.9. The Hall–Kier alpha value is -3.26. The second-order valence-electron chi connectivity index (χ2n) is 7.30. The minimum Gasteiger partial charge on any atom is -0.497 e. The van der Waals surface area contributed by atoms with Crippen LogP contribution >= 0.6 is 0 Å². The maximum absolute atomic E-state index is 12.9. The summed E-state index contributed by atoms with van der Waals surface area (Å²) in [6.07, 6.45) is 1.40. The van der Waals surface area contributed by atoms with Crippen molar-refractivity contribution < 1.29 is 22.7 Å². The van der Waals surface area contributed by atoms with Crippen LogP contribution in [0.1, 0.15) is 13.3 Å². The quantitative estimate of drug-likeness (QED) is 0.471. The number of benzene rings is 3. The lowest BCUT2D eigenvalue weighted by molar-refractivity contribution is -0.122. The van der Waals surface area contributed by atoms with Gasteiger partial charge in [-0.15, -0.1) is 0 Å². The first kappa shape index (κ1) is 23.4. The third-order valence-corrected chi connectivity index (χ3v) is 6.23. The van der Waals surface area contributed by atoms with Crippen molar-refractivity contribution in [2.45, 2.75) is 19.4 Å². The summed E-state index contributed by atoms with van der Waals surface area (Å²) in [6, 6.07) is 19.5. The van der Waals surface area contributed by atoms with E-state index >= 15 is 0 Å². The molecule has 3 aromatic rings. The zero-order chi connectivity index (χ0) is 23.1. The number of nitrogens with zero attached hydrogens (tertiary/aromatic N) is 1. The molecule has 0 saturated heterocycles. The van der Waals surface area contributed by atoms with Crippen molar-refractivity contribution in [3.63, 3.8) is 0 Å². The topological polar surface area (TPSA) is 84.9 Å². The third kappa shape index (κ3) is 5.50. The fourth-order valence-electron chi connectivity index (χ4n) is 3.58. The maximum Gasteiger partial charge on any atom is 0.244 e. The average Bonchev–Trinajstić information content (AvgIpc) is 2.79. The molecule has 170 valence electrons. The van der Waals surface area contributed by atoms with Gasteiger partial charge in [-0.2, -0.15) is 0 Å². The molecule has 0 saturated carbocycles. The molecular formula is C24H28N2O5S. The van der Waals surface area contributed by atoms with Crippen LogP contribution in [0.3, 0.4) is 0 Å².